The summed E-state index contributed by atoms with van der Waals surface area (Å²) in [6.07, 6.45) is 0. The number of carbonyl (C=O) groups is 1. The molecule has 10 heteroatoms. The normalized spacial score (nSPS) is 11.2. The number of hydrogen-bond acceptors (Lipinski definition) is 9. The van der Waals surface area contributed by atoms with Crippen LogP contribution >= 0.6 is 11.3 Å². The maximum atomic E-state index is 11.7. The summed E-state index contributed by atoms with van der Waals surface area (Å²) < 4.78 is 6.16. The molecule has 0 bridgehead atoms. The van der Waals surface area contributed by atoms with E-state index in [4.69, 9.17) is 4.74 Å². The van der Waals surface area contributed by atoms with Crippen molar-refractivity contribution in [1.82, 2.24) is 4.98 Å². The summed E-state index contributed by atoms with van der Waals surface area (Å²) in [5, 5.41) is 30.3. The molecule has 30 heavy (non-hydrogen) atoms. The molecule has 0 saturated carbocycles. The fourth-order valence-electron chi connectivity index (χ4n) is 2.87. The van der Waals surface area contributed by atoms with Gasteiger partial charge in [-0.15, -0.1) is 10.2 Å². The highest BCUT2D eigenvalue weighted by Gasteiger charge is 2.11. The molecule has 3 N–H and O–H groups in total. The smallest absolute Gasteiger partial charge is 0.231 e. The van der Waals surface area contributed by atoms with Crippen molar-refractivity contribution in [2.75, 3.05) is 43.6 Å². The molecule has 0 aliphatic carbocycles. The van der Waals surface area contributed by atoms with Gasteiger partial charge in [0.1, 0.15) is 11.4 Å². The lowest BCUT2D eigenvalue weighted by Crippen LogP contribution is -2.29. The van der Waals surface area contributed by atoms with E-state index >= 15 is 0 Å². The van der Waals surface area contributed by atoms with Gasteiger partial charge < -0.3 is 25.2 Å². The number of aliphatic hydroxyl groups excluding tert-OH is 2. The van der Waals surface area contributed by atoms with Crippen molar-refractivity contribution in [3.63, 3.8) is 0 Å². The van der Waals surface area contributed by atoms with Crippen LogP contribution in [0.25, 0.3) is 10.2 Å². The van der Waals surface area contributed by atoms with Crippen LogP contribution in [0.3, 0.4) is 0 Å². The van der Waals surface area contributed by atoms with Gasteiger partial charge in [-0.3, -0.25) is 4.79 Å². The molecule has 1 heterocycles. The maximum absolute atomic E-state index is 11.7. The van der Waals surface area contributed by atoms with Gasteiger partial charge in [0.25, 0.3) is 0 Å². The minimum atomic E-state index is -0.244. The third-order valence-electron chi connectivity index (χ3n) is 4.22. The zero-order valence-corrected chi connectivity index (χ0v) is 17.5. The lowest BCUT2D eigenvalue weighted by molar-refractivity contribution is -0.114. The predicted octanol–water partition coefficient (Wildman–Crippen LogP) is 3.47. The SMILES string of the molecule is COc1ccc2nc(N=Nc3ccc(N(CCO)CCO)cc3NC(C)=O)sc2c1. The second-order valence-electron chi connectivity index (χ2n) is 6.35. The Morgan fingerprint density at radius 2 is 1.93 bits per heavy atom. The number of aromatic nitrogens is 1. The molecule has 0 aliphatic rings. The third-order valence-corrected chi connectivity index (χ3v) is 5.13. The number of aliphatic hydroxyl groups is 2. The predicted molar refractivity (Wildman–Crippen MR) is 117 cm³/mol. The molecule has 2 aromatic carbocycles. The molecular formula is C20H23N5O4S. The fourth-order valence-corrected chi connectivity index (χ4v) is 3.68. The van der Waals surface area contributed by atoms with Crippen molar-refractivity contribution in [2.45, 2.75) is 6.92 Å². The van der Waals surface area contributed by atoms with Crippen LogP contribution in [0.15, 0.2) is 46.6 Å². The van der Waals surface area contributed by atoms with Gasteiger partial charge in [-0.1, -0.05) is 11.3 Å². The van der Waals surface area contributed by atoms with Crippen molar-refractivity contribution >= 4 is 49.7 Å². The van der Waals surface area contributed by atoms with Gasteiger partial charge in [-0.25, -0.2) is 4.98 Å². The summed E-state index contributed by atoms with van der Waals surface area (Å²) in [5.74, 6) is 0.500. The van der Waals surface area contributed by atoms with E-state index in [1.54, 1.807) is 25.3 Å². The number of ether oxygens (including phenoxy) is 1. The second kappa shape index (κ2) is 10.1. The average Bonchev–Trinajstić information content (AvgIpc) is 3.14. The Morgan fingerprint density at radius 3 is 2.60 bits per heavy atom. The molecule has 0 saturated heterocycles. The topological polar surface area (TPSA) is 120 Å². The zero-order valence-electron chi connectivity index (χ0n) is 16.7. The number of carbonyl (C=O) groups excluding carboxylic acids is 1. The number of thiazole rings is 1. The summed E-state index contributed by atoms with van der Waals surface area (Å²) in [4.78, 5) is 17.9. The van der Waals surface area contributed by atoms with E-state index in [1.807, 2.05) is 23.1 Å². The van der Waals surface area contributed by atoms with Crippen molar-refractivity contribution in [3.8, 4) is 5.75 Å². The number of hydrogen-bond donors (Lipinski definition) is 3. The third kappa shape index (κ3) is 5.29. The van der Waals surface area contributed by atoms with Crippen molar-refractivity contribution in [2.24, 2.45) is 10.2 Å². The van der Waals surface area contributed by atoms with Gasteiger partial charge in [0.15, 0.2) is 0 Å². The van der Waals surface area contributed by atoms with Gasteiger partial charge in [0.2, 0.25) is 11.0 Å². The molecule has 0 fully saturated rings. The van der Waals surface area contributed by atoms with Crippen molar-refractivity contribution < 1.29 is 19.7 Å². The molecule has 0 unspecified atom stereocenters. The summed E-state index contributed by atoms with van der Waals surface area (Å²) in [6, 6.07) is 10.8. The lowest BCUT2D eigenvalue weighted by atomic mass is 10.2. The second-order valence-corrected chi connectivity index (χ2v) is 7.36. The van der Waals surface area contributed by atoms with E-state index in [-0.39, 0.29) is 19.1 Å². The van der Waals surface area contributed by atoms with E-state index in [1.165, 1.54) is 18.3 Å². The van der Waals surface area contributed by atoms with E-state index in [2.05, 4.69) is 20.5 Å². The minimum Gasteiger partial charge on any atom is -0.497 e. The van der Waals surface area contributed by atoms with Crippen LogP contribution in [-0.2, 0) is 4.79 Å². The Hall–Kier alpha value is -3.08. The Balaban J connectivity index is 1.91. The first-order valence-corrected chi connectivity index (χ1v) is 10.1. The van der Waals surface area contributed by atoms with Crippen LogP contribution in [0.4, 0.5) is 22.2 Å². The quantitative estimate of drug-likeness (QED) is 0.448. The molecule has 1 aromatic heterocycles. The molecular weight excluding hydrogens is 406 g/mol. The van der Waals surface area contributed by atoms with Crippen LogP contribution in [0.1, 0.15) is 6.92 Å². The highest BCUT2D eigenvalue weighted by Crippen LogP contribution is 2.34. The number of fused-ring (bicyclic) bond motifs is 1. The summed E-state index contributed by atoms with van der Waals surface area (Å²) in [7, 11) is 1.61. The highest BCUT2D eigenvalue weighted by molar-refractivity contribution is 7.21. The summed E-state index contributed by atoms with van der Waals surface area (Å²) in [6.45, 7) is 2.01. The van der Waals surface area contributed by atoms with Gasteiger partial charge in [-0.05, 0) is 36.4 Å². The van der Waals surface area contributed by atoms with Crippen LogP contribution in [-0.4, -0.2) is 54.5 Å². The maximum Gasteiger partial charge on any atom is 0.231 e. The number of methoxy groups -OCH3 is 1. The molecule has 0 spiro atoms. The van der Waals surface area contributed by atoms with Gasteiger partial charge >= 0.3 is 0 Å². The molecule has 0 aliphatic heterocycles. The fraction of sp³-hybridized carbons (Fsp3) is 0.300. The summed E-state index contributed by atoms with van der Waals surface area (Å²) >= 11 is 1.38. The average molecular weight is 430 g/mol. The molecule has 0 radical (unpaired) electrons. The van der Waals surface area contributed by atoms with Gasteiger partial charge in [-0.2, -0.15) is 0 Å². The molecule has 1 amide bonds. The van der Waals surface area contributed by atoms with E-state index in [9.17, 15) is 15.0 Å². The van der Waals surface area contributed by atoms with Gasteiger partial charge in [0, 0.05) is 25.7 Å². The number of amides is 1. The van der Waals surface area contributed by atoms with Crippen LogP contribution in [0.5, 0.6) is 5.75 Å². The number of rotatable bonds is 9. The van der Waals surface area contributed by atoms with Crippen molar-refractivity contribution in [1.29, 1.82) is 0 Å². The van der Waals surface area contributed by atoms with Crippen LogP contribution < -0.4 is 15.0 Å². The first-order chi connectivity index (χ1) is 14.5. The molecule has 9 nitrogen and oxygen atoms in total. The number of benzene rings is 2. The molecule has 3 aromatic rings. The largest absolute Gasteiger partial charge is 0.497 e. The van der Waals surface area contributed by atoms with Crippen LogP contribution in [0.2, 0.25) is 0 Å². The van der Waals surface area contributed by atoms with E-state index in [0.717, 1.165) is 21.7 Å². The Kier molecular flexibility index (Phi) is 7.28. The molecule has 0 atom stereocenters. The first-order valence-electron chi connectivity index (χ1n) is 9.28. The number of anilines is 2. The van der Waals surface area contributed by atoms with Crippen molar-refractivity contribution in [3.05, 3.63) is 36.4 Å². The summed E-state index contributed by atoms with van der Waals surface area (Å²) in [5.41, 5.74) is 2.50. The molecule has 3 rings (SSSR count). The van der Waals surface area contributed by atoms with E-state index < -0.39 is 0 Å². The Labute approximate surface area is 177 Å². The minimum absolute atomic E-state index is 0.0562. The van der Waals surface area contributed by atoms with Gasteiger partial charge in [0.05, 0.1) is 36.2 Å². The zero-order chi connectivity index (χ0) is 21.5. The van der Waals surface area contributed by atoms with E-state index in [0.29, 0.717) is 29.6 Å². The lowest BCUT2D eigenvalue weighted by Gasteiger charge is -2.23. The number of nitrogens with zero attached hydrogens (tertiary/aromatic N) is 4. The monoisotopic (exact) mass is 429 g/mol. The number of azo groups is 1. The highest BCUT2D eigenvalue weighted by atomic mass is 32.1. The number of nitrogens with one attached hydrogen (secondary N) is 1. The molecule has 158 valence electrons. The standard InChI is InChI=1S/C20H23N5O4S/c1-13(28)21-18-11-14(25(7-9-26)8-10-27)3-5-16(18)23-24-20-22-17-6-4-15(29-2)12-19(17)30-20/h3-6,11-12,26-27H,7-10H2,1-2H3,(H,21,28). The first kappa shape index (κ1) is 21.6. The Morgan fingerprint density at radius 1 is 1.17 bits per heavy atom. The Bertz CT molecular complexity index is 1050. The van der Waals surface area contributed by atoms with Crippen LogP contribution in [0, 0.1) is 0 Å².